The molecule has 6 heteroatoms. The fourth-order valence-corrected chi connectivity index (χ4v) is 2.02. The second-order valence-corrected chi connectivity index (χ2v) is 4.67. The first-order valence-electron chi connectivity index (χ1n) is 6.67. The zero-order valence-corrected chi connectivity index (χ0v) is 11.4. The minimum absolute atomic E-state index is 0.187. The summed E-state index contributed by atoms with van der Waals surface area (Å²) in [6.07, 6.45) is 4.74. The highest BCUT2D eigenvalue weighted by molar-refractivity contribution is 5.76. The van der Waals surface area contributed by atoms with Crippen LogP contribution < -0.4 is 10.5 Å². The number of hydrogen-bond acceptors (Lipinski definition) is 5. The van der Waals surface area contributed by atoms with Crippen molar-refractivity contribution in [3.05, 3.63) is 48.9 Å². The van der Waals surface area contributed by atoms with Crippen molar-refractivity contribution < 1.29 is 9.84 Å². The molecule has 0 spiro atoms. The number of nitrogens with two attached hydrogens (primary N) is 1. The Labute approximate surface area is 121 Å². The first kappa shape index (κ1) is 13.5. The largest absolute Gasteiger partial charge is 0.491 e. The normalized spacial score (nSPS) is 12.5. The van der Waals surface area contributed by atoms with Crippen molar-refractivity contribution in [3.63, 3.8) is 0 Å². The molecule has 1 atom stereocenters. The van der Waals surface area contributed by atoms with Crippen LogP contribution in [0.3, 0.4) is 0 Å². The maximum absolute atomic E-state index is 9.37. The van der Waals surface area contributed by atoms with Crippen LogP contribution in [0.15, 0.2) is 48.9 Å². The molecule has 0 saturated carbocycles. The van der Waals surface area contributed by atoms with Gasteiger partial charge in [-0.2, -0.15) is 5.10 Å². The number of ether oxygens (including phenoxy) is 1. The van der Waals surface area contributed by atoms with Gasteiger partial charge in [0, 0.05) is 24.5 Å². The monoisotopic (exact) mass is 284 g/mol. The second-order valence-electron chi connectivity index (χ2n) is 4.67. The van der Waals surface area contributed by atoms with Gasteiger partial charge >= 0.3 is 0 Å². The van der Waals surface area contributed by atoms with Crippen molar-refractivity contribution in [2.45, 2.75) is 6.10 Å². The van der Waals surface area contributed by atoms with Crippen molar-refractivity contribution >= 4 is 5.65 Å². The number of aliphatic hydroxyl groups is 1. The van der Waals surface area contributed by atoms with E-state index in [0.717, 1.165) is 16.8 Å². The molecular weight excluding hydrogens is 268 g/mol. The number of rotatable bonds is 5. The smallest absolute Gasteiger partial charge is 0.162 e. The fourth-order valence-electron chi connectivity index (χ4n) is 2.02. The maximum atomic E-state index is 9.37. The summed E-state index contributed by atoms with van der Waals surface area (Å²) >= 11 is 0. The number of benzene rings is 1. The molecule has 3 N–H and O–H groups in total. The number of nitrogens with zero attached hydrogens (tertiary/aromatic N) is 3. The summed E-state index contributed by atoms with van der Waals surface area (Å²) in [7, 11) is 0. The fraction of sp³-hybridized carbons (Fsp3) is 0.200. The van der Waals surface area contributed by atoms with Gasteiger partial charge in [0.15, 0.2) is 5.65 Å². The van der Waals surface area contributed by atoms with Crippen LogP contribution in [0.5, 0.6) is 5.75 Å². The first-order chi connectivity index (χ1) is 10.3. The summed E-state index contributed by atoms with van der Waals surface area (Å²) < 4.78 is 7.19. The van der Waals surface area contributed by atoms with Crippen molar-refractivity contribution in [3.8, 4) is 16.9 Å². The Hall–Kier alpha value is -2.44. The Morgan fingerprint density at radius 3 is 2.86 bits per heavy atom. The van der Waals surface area contributed by atoms with Gasteiger partial charge < -0.3 is 15.6 Å². The lowest BCUT2D eigenvalue weighted by atomic mass is 10.1. The summed E-state index contributed by atoms with van der Waals surface area (Å²) in [5.74, 6) is 0.690. The summed E-state index contributed by atoms with van der Waals surface area (Å²) in [6.45, 7) is 0.375. The van der Waals surface area contributed by atoms with Gasteiger partial charge in [-0.15, -0.1) is 0 Å². The van der Waals surface area contributed by atoms with Crippen LogP contribution in [0, 0.1) is 0 Å². The molecule has 0 saturated heterocycles. The van der Waals surface area contributed by atoms with Gasteiger partial charge in [0.1, 0.15) is 18.5 Å². The van der Waals surface area contributed by atoms with Gasteiger partial charge in [-0.1, -0.05) is 12.1 Å². The summed E-state index contributed by atoms with van der Waals surface area (Å²) in [6, 6.07) is 9.42. The second kappa shape index (κ2) is 5.90. The van der Waals surface area contributed by atoms with Crippen LogP contribution in [0.2, 0.25) is 0 Å². The van der Waals surface area contributed by atoms with Crippen molar-refractivity contribution in [1.29, 1.82) is 0 Å². The summed E-state index contributed by atoms with van der Waals surface area (Å²) in [5.41, 5.74) is 8.11. The molecule has 1 aromatic carbocycles. The van der Waals surface area contributed by atoms with E-state index in [1.54, 1.807) is 16.9 Å². The SMILES string of the molecule is NCC(O)COc1ccc(-c2cnn3cccnc23)cc1. The van der Waals surface area contributed by atoms with Crippen molar-refractivity contribution in [1.82, 2.24) is 14.6 Å². The number of hydrogen-bond donors (Lipinski definition) is 2. The Bertz CT molecular complexity index is 724. The van der Waals surface area contributed by atoms with E-state index in [9.17, 15) is 5.11 Å². The maximum Gasteiger partial charge on any atom is 0.162 e. The average molecular weight is 284 g/mol. The molecule has 0 aliphatic heterocycles. The molecule has 0 aliphatic rings. The van der Waals surface area contributed by atoms with Crippen LogP contribution in [-0.4, -0.2) is 39.0 Å². The summed E-state index contributed by atoms with van der Waals surface area (Å²) in [4.78, 5) is 4.33. The van der Waals surface area contributed by atoms with E-state index in [1.165, 1.54) is 0 Å². The van der Waals surface area contributed by atoms with Gasteiger partial charge in [-0.3, -0.25) is 0 Å². The molecule has 0 fully saturated rings. The van der Waals surface area contributed by atoms with E-state index in [1.807, 2.05) is 36.5 Å². The van der Waals surface area contributed by atoms with E-state index in [0.29, 0.717) is 5.75 Å². The number of aliphatic hydroxyl groups excluding tert-OH is 1. The van der Waals surface area contributed by atoms with Crippen molar-refractivity contribution in [2.75, 3.05) is 13.2 Å². The molecule has 1 unspecified atom stereocenters. The van der Waals surface area contributed by atoms with E-state index in [4.69, 9.17) is 10.5 Å². The third-order valence-electron chi connectivity index (χ3n) is 3.16. The van der Waals surface area contributed by atoms with E-state index < -0.39 is 6.10 Å². The molecule has 21 heavy (non-hydrogen) atoms. The summed E-state index contributed by atoms with van der Waals surface area (Å²) in [5, 5.41) is 13.6. The first-order valence-corrected chi connectivity index (χ1v) is 6.67. The topological polar surface area (TPSA) is 85.7 Å². The molecular formula is C15H16N4O2. The zero-order chi connectivity index (χ0) is 14.7. The molecule has 0 radical (unpaired) electrons. The van der Waals surface area contributed by atoms with Gasteiger partial charge in [0.05, 0.1) is 6.20 Å². The van der Waals surface area contributed by atoms with E-state index in [2.05, 4.69) is 10.1 Å². The van der Waals surface area contributed by atoms with Crippen LogP contribution in [0.1, 0.15) is 0 Å². The third-order valence-corrected chi connectivity index (χ3v) is 3.16. The Morgan fingerprint density at radius 2 is 2.10 bits per heavy atom. The molecule has 0 aliphatic carbocycles. The van der Waals surface area contributed by atoms with Gasteiger partial charge in [-0.25, -0.2) is 9.50 Å². The molecule has 0 amide bonds. The molecule has 2 aromatic heterocycles. The quantitative estimate of drug-likeness (QED) is 0.732. The Morgan fingerprint density at radius 1 is 1.29 bits per heavy atom. The minimum Gasteiger partial charge on any atom is -0.491 e. The lowest BCUT2D eigenvalue weighted by Gasteiger charge is -2.10. The lowest BCUT2D eigenvalue weighted by molar-refractivity contribution is 0.114. The third kappa shape index (κ3) is 2.86. The zero-order valence-electron chi connectivity index (χ0n) is 11.4. The highest BCUT2D eigenvalue weighted by atomic mass is 16.5. The highest BCUT2D eigenvalue weighted by Crippen LogP contribution is 2.25. The molecule has 2 heterocycles. The molecule has 3 aromatic rings. The van der Waals surface area contributed by atoms with E-state index >= 15 is 0 Å². The number of fused-ring (bicyclic) bond motifs is 1. The number of aromatic nitrogens is 3. The van der Waals surface area contributed by atoms with Gasteiger partial charge in [0.2, 0.25) is 0 Å². The van der Waals surface area contributed by atoms with Crippen LogP contribution >= 0.6 is 0 Å². The predicted molar refractivity (Wildman–Crippen MR) is 79.0 cm³/mol. The van der Waals surface area contributed by atoms with Crippen molar-refractivity contribution in [2.24, 2.45) is 5.73 Å². The average Bonchev–Trinajstić information content (AvgIpc) is 2.97. The predicted octanol–water partition coefficient (Wildman–Crippen LogP) is 1.09. The molecule has 108 valence electrons. The van der Waals surface area contributed by atoms with Gasteiger partial charge in [0.25, 0.3) is 0 Å². The molecule has 3 rings (SSSR count). The molecule has 6 nitrogen and oxygen atoms in total. The highest BCUT2D eigenvalue weighted by Gasteiger charge is 2.08. The van der Waals surface area contributed by atoms with E-state index in [-0.39, 0.29) is 13.2 Å². The van der Waals surface area contributed by atoms with Crippen LogP contribution in [-0.2, 0) is 0 Å². The Kier molecular flexibility index (Phi) is 3.81. The van der Waals surface area contributed by atoms with Gasteiger partial charge in [-0.05, 0) is 23.8 Å². The minimum atomic E-state index is -0.645. The Balaban J connectivity index is 1.81. The standard InChI is InChI=1S/C15H16N4O2/c16-8-12(20)10-21-13-4-2-11(3-5-13)14-9-18-19-7-1-6-17-15(14)19/h1-7,9,12,20H,8,10,16H2. The van der Waals surface area contributed by atoms with Crippen LogP contribution in [0.4, 0.5) is 0 Å². The lowest BCUT2D eigenvalue weighted by Crippen LogP contribution is -2.26. The molecule has 0 bridgehead atoms. The van der Waals surface area contributed by atoms with Crippen LogP contribution in [0.25, 0.3) is 16.8 Å².